The van der Waals surface area contributed by atoms with Crippen molar-refractivity contribution in [1.29, 1.82) is 0 Å². The van der Waals surface area contributed by atoms with Crippen LogP contribution in [0.3, 0.4) is 0 Å². The fourth-order valence-corrected chi connectivity index (χ4v) is 4.18. The van der Waals surface area contributed by atoms with Crippen molar-refractivity contribution in [3.8, 4) is 11.4 Å². The van der Waals surface area contributed by atoms with Crippen molar-refractivity contribution in [1.82, 2.24) is 24.8 Å². The van der Waals surface area contributed by atoms with Gasteiger partial charge in [-0.05, 0) is 30.7 Å². The summed E-state index contributed by atoms with van der Waals surface area (Å²) < 4.78 is 0. The summed E-state index contributed by atoms with van der Waals surface area (Å²) in [6.45, 7) is 4.02. The van der Waals surface area contributed by atoms with Crippen molar-refractivity contribution in [3.05, 3.63) is 86.7 Å². The fourth-order valence-electron chi connectivity index (χ4n) is 3.98. The second-order valence-corrected chi connectivity index (χ2v) is 7.98. The molecule has 0 saturated carbocycles. The summed E-state index contributed by atoms with van der Waals surface area (Å²) in [7, 11) is 0. The van der Waals surface area contributed by atoms with Crippen molar-refractivity contribution in [2.75, 3.05) is 6.54 Å². The molecule has 0 radical (unpaired) electrons. The van der Waals surface area contributed by atoms with Crippen molar-refractivity contribution in [3.63, 3.8) is 0 Å². The summed E-state index contributed by atoms with van der Waals surface area (Å²) in [5.41, 5.74) is 5.36. The minimum atomic E-state index is -0.0881. The van der Waals surface area contributed by atoms with Gasteiger partial charge in [-0.15, -0.1) is 0 Å². The number of para-hydroxylation sites is 1. The summed E-state index contributed by atoms with van der Waals surface area (Å²) in [6, 6.07) is 11.9. The first-order valence-corrected chi connectivity index (χ1v) is 10.3. The Morgan fingerprint density at radius 1 is 1.17 bits per heavy atom. The second kappa shape index (κ2) is 7.63. The number of H-pyrrole nitrogens is 1. The van der Waals surface area contributed by atoms with E-state index >= 15 is 0 Å². The molecule has 0 amide bonds. The molecule has 0 bridgehead atoms. The molecule has 30 heavy (non-hydrogen) atoms. The monoisotopic (exact) mass is 417 g/mol. The van der Waals surface area contributed by atoms with Gasteiger partial charge >= 0.3 is 0 Å². The average molecular weight is 418 g/mol. The van der Waals surface area contributed by atoms with E-state index in [0.29, 0.717) is 24.1 Å². The number of nitrogens with zero attached hydrogens (tertiary/aromatic N) is 4. The molecule has 1 N–H and O–H groups in total. The van der Waals surface area contributed by atoms with Gasteiger partial charge in [0, 0.05) is 55.0 Å². The van der Waals surface area contributed by atoms with E-state index < -0.39 is 0 Å². The van der Waals surface area contributed by atoms with Crippen LogP contribution in [0.4, 0.5) is 0 Å². The molecule has 0 spiro atoms. The SMILES string of the molecule is Cc1cccc2cc(CN3CCc4nc(-c5ccncc5)[nH]c(=O)c4C3)c(Cl)nc12. The molecule has 1 aliphatic rings. The Kier molecular flexibility index (Phi) is 4.81. The minimum absolute atomic E-state index is 0.0881. The van der Waals surface area contributed by atoms with Crippen LogP contribution in [0, 0.1) is 6.92 Å². The maximum atomic E-state index is 12.8. The molecule has 0 unspecified atom stereocenters. The summed E-state index contributed by atoms with van der Waals surface area (Å²) in [5, 5.41) is 1.59. The van der Waals surface area contributed by atoms with E-state index in [1.165, 1.54) is 0 Å². The first-order valence-electron chi connectivity index (χ1n) is 9.88. The summed E-state index contributed by atoms with van der Waals surface area (Å²) >= 11 is 6.49. The van der Waals surface area contributed by atoms with E-state index in [1.807, 2.05) is 31.2 Å². The minimum Gasteiger partial charge on any atom is -0.306 e. The number of halogens is 1. The van der Waals surface area contributed by atoms with Crippen LogP contribution >= 0.6 is 11.6 Å². The predicted molar refractivity (Wildman–Crippen MR) is 117 cm³/mol. The Morgan fingerprint density at radius 3 is 2.83 bits per heavy atom. The first-order chi connectivity index (χ1) is 14.6. The lowest BCUT2D eigenvalue weighted by Gasteiger charge is -2.28. The number of benzene rings is 1. The second-order valence-electron chi connectivity index (χ2n) is 7.62. The largest absolute Gasteiger partial charge is 0.306 e. The zero-order chi connectivity index (χ0) is 20.7. The number of pyridine rings is 2. The van der Waals surface area contributed by atoms with E-state index in [4.69, 9.17) is 16.6 Å². The molecule has 7 heteroatoms. The summed E-state index contributed by atoms with van der Waals surface area (Å²) in [5.74, 6) is 0.590. The highest BCUT2D eigenvalue weighted by atomic mass is 35.5. The number of rotatable bonds is 3. The molecule has 0 fully saturated rings. The Hall–Kier alpha value is -3.09. The van der Waals surface area contributed by atoms with E-state index in [-0.39, 0.29) is 5.56 Å². The number of aromatic nitrogens is 4. The quantitative estimate of drug-likeness (QED) is 0.512. The van der Waals surface area contributed by atoms with Crippen molar-refractivity contribution in [2.45, 2.75) is 26.4 Å². The lowest BCUT2D eigenvalue weighted by Crippen LogP contribution is -2.35. The Labute approximate surface area is 178 Å². The maximum absolute atomic E-state index is 12.8. The van der Waals surface area contributed by atoms with Gasteiger partial charge in [0.25, 0.3) is 5.56 Å². The van der Waals surface area contributed by atoms with Crippen LogP contribution in [0.1, 0.15) is 22.4 Å². The molecule has 5 rings (SSSR count). The fraction of sp³-hybridized carbons (Fsp3) is 0.217. The number of fused-ring (bicyclic) bond motifs is 2. The van der Waals surface area contributed by atoms with Crippen molar-refractivity contribution >= 4 is 22.5 Å². The smallest absolute Gasteiger partial charge is 0.255 e. The van der Waals surface area contributed by atoms with Crippen LogP contribution in [-0.2, 0) is 19.5 Å². The Balaban J connectivity index is 1.42. The van der Waals surface area contributed by atoms with Gasteiger partial charge in [0.05, 0.1) is 16.8 Å². The average Bonchev–Trinajstić information content (AvgIpc) is 2.76. The highest BCUT2D eigenvalue weighted by Crippen LogP contribution is 2.26. The third-order valence-electron chi connectivity index (χ3n) is 5.57. The van der Waals surface area contributed by atoms with E-state index in [1.54, 1.807) is 12.4 Å². The van der Waals surface area contributed by atoms with Gasteiger partial charge in [-0.2, -0.15) is 0 Å². The highest BCUT2D eigenvalue weighted by molar-refractivity contribution is 6.30. The molecule has 4 aromatic rings. The lowest BCUT2D eigenvalue weighted by molar-refractivity contribution is 0.242. The molecular weight excluding hydrogens is 398 g/mol. The Morgan fingerprint density at radius 2 is 2.00 bits per heavy atom. The zero-order valence-electron chi connectivity index (χ0n) is 16.5. The summed E-state index contributed by atoms with van der Waals surface area (Å²) in [6.07, 6.45) is 4.10. The number of hydrogen-bond acceptors (Lipinski definition) is 5. The van der Waals surface area contributed by atoms with Gasteiger partial charge in [-0.25, -0.2) is 9.97 Å². The number of hydrogen-bond donors (Lipinski definition) is 1. The van der Waals surface area contributed by atoms with Gasteiger partial charge in [0.2, 0.25) is 0 Å². The third-order valence-corrected chi connectivity index (χ3v) is 5.90. The number of nitrogens with one attached hydrogen (secondary N) is 1. The molecule has 0 atom stereocenters. The van der Waals surface area contributed by atoms with Crippen LogP contribution in [0.5, 0.6) is 0 Å². The standard InChI is InChI=1S/C23H20ClN5O/c1-14-3-2-4-16-11-17(21(24)27-20(14)16)12-29-10-7-19-18(13-29)23(30)28-22(26-19)15-5-8-25-9-6-15/h2-6,8-9,11H,7,10,12-13H2,1H3,(H,26,28,30). The van der Waals surface area contributed by atoms with E-state index in [0.717, 1.165) is 51.8 Å². The maximum Gasteiger partial charge on any atom is 0.255 e. The van der Waals surface area contributed by atoms with Gasteiger partial charge in [-0.3, -0.25) is 14.7 Å². The highest BCUT2D eigenvalue weighted by Gasteiger charge is 2.22. The number of aromatic amines is 1. The zero-order valence-corrected chi connectivity index (χ0v) is 17.3. The molecule has 3 aromatic heterocycles. The van der Waals surface area contributed by atoms with Gasteiger partial charge in [-0.1, -0.05) is 29.8 Å². The predicted octanol–water partition coefficient (Wildman–Crippen LogP) is 3.90. The van der Waals surface area contributed by atoms with Crippen LogP contribution in [0.15, 0.2) is 53.6 Å². The third kappa shape index (κ3) is 3.49. The van der Waals surface area contributed by atoms with Crippen LogP contribution < -0.4 is 5.56 Å². The Bertz CT molecular complexity index is 1300. The van der Waals surface area contributed by atoms with Gasteiger partial charge < -0.3 is 4.98 Å². The van der Waals surface area contributed by atoms with Crippen LogP contribution in [-0.4, -0.2) is 31.4 Å². The molecule has 0 aliphatic carbocycles. The molecule has 4 heterocycles. The van der Waals surface area contributed by atoms with E-state index in [2.05, 4.69) is 32.0 Å². The topological polar surface area (TPSA) is 74.8 Å². The van der Waals surface area contributed by atoms with Crippen LogP contribution in [0.25, 0.3) is 22.3 Å². The van der Waals surface area contributed by atoms with Gasteiger partial charge in [0.1, 0.15) is 11.0 Å². The van der Waals surface area contributed by atoms with Gasteiger partial charge in [0.15, 0.2) is 0 Å². The first kappa shape index (κ1) is 18.9. The molecule has 6 nitrogen and oxygen atoms in total. The van der Waals surface area contributed by atoms with Crippen molar-refractivity contribution in [2.24, 2.45) is 0 Å². The molecule has 150 valence electrons. The van der Waals surface area contributed by atoms with Crippen molar-refractivity contribution < 1.29 is 0 Å². The lowest BCUT2D eigenvalue weighted by atomic mass is 10.0. The van der Waals surface area contributed by atoms with Crippen LogP contribution in [0.2, 0.25) is 5.15 Å². The molecule has 1 aromatic carbocycles. The number of aryl methyl sites for hydroxylation is 1. The van der Waals surface area contributed by atoms with E-state index in [9.17, 15) is 4.79 Å². The molecular formula is C23H20ClN5O. The summed E-state index contributed by atoms with van der Waals surface area (Å²) in [4.78, 5) is 31.2. The molecule has 1 aliphatic heterocycles. The molecule has 0 saturated heterocycles. The normalized spacial score (nSPS) is 14.1.